The number of halogens is 3. The van der Waals surface area contributed by atoms with Crippen LogP contribution in [0.3, 0.4) is 0 Å². The van der Waals surface area contributed by atoms with Crippen molar-refractivity contribution in [2.24, 2.45) is 12.8 Å². The van der Waals surface area contributed by atoms with Crippen molar-refractivity contribution in [3.8, 4) is 11.6 Å². The van der Waals surface area contributed by atoms with Gasteiger partial charge in [0.05, 0.1) is 36.5 Å². The summed E-state index contributed by atoms with van der Waals surface area (Å²) in [7, 11) is 1.67. The maximum absolute atomic E-state index is 12.8. The summed E-state index contributed by atoms with van der Waals surface area (Å²) < 4.78 is 50.7. The third-order valence-corrected chi connectivity index (χ3v) is 5.74. The first kappa shape index (κ1) is 24.4. The Morgan fingerprint density at radius 1 is 1.17 bits per heavy atom. The summed E-state index contributed by atoms with van der Waals surface area (Å²) >= 11 is 0. The number of ether oxygens (including phenoxy) is 2. The predicted octanol–water partition coefficient (Wildman–Crippen LogP) is 2.62. The molecule has 1 aliphatic carbocycles. The van der Waals surface area contributed by atoms with Gasteiger partial charge in [0.1, 0.15) is 17.4 Å². The molecule has 13 heteroatoms. The Labute approximate surface area is 198 Å². The molecule has 3 aromatic rings. The molecule has 35 heavy (non-hydrogen) atoms. The topological polar surface area (TPSA) is 126 Å². The first-order valence-electron chi connectivity index (χ1n) is 11.1. The van der Waals surface area contributed by atoms with Crippen LogP contribution in [-0.2, 0) is 7.05 Å². The predicted molar refractivity (Wildman–Crippen MR) is 117 cm³/mol. The van der Waals surface area contributed by atoms with Crippen molar-refractivity contribution >= 4 is 17.3 Å². The zero-order valence-corrected chi connectivity index (χ0v) is 18.9. The molecule has 0 aliphatic heterocycles. The Balaban J connectivity index is 1.31. The van der Waals surface area contributed by atoms with E-state index in [1.807, 2.05) is 0 Å². The molecule has 10 nitrogen and oxygen atoms in total. The molecule has 0 spiro atoms. The van der Waals surface area contributed by atoms with Gasteiger partial charge in [-0.2, -0.15) is 18.3 Å². The van der Waals surface area contributed by atoms with Crippen LogP contribution in [0.1, 0.15) is 52.8 Å². The van der Waals surface area contributed by atoms with Crippen molar-refractivity contribution in [3.05, 3.63) is 41.9 Å². The lowest BCUT2D eigenvalue weighted by atomic mass is 9.92. The smallest absolute Gasteiger partial charge is 0.392 e. The van der Waals surface area contributed by atoms with Crippen LogP contribution in [0.25, 0.3) is 5.52 Å². The SMILES string of the molecule is Cn1cc(C(N)=O)c(OC2CCC(NC(=O)c3cnn4cc(OCCC(F)(F)F)ccc34)CC2)n1. The van der Waals surface area contributed by atoms with Gasteiger partial charge in [-0.15, -0.1) is 5.10 Å². The number of carbonyl (C=O) groups excluding carboxylic acids is 2. The Morgan fingerprint density at radius 2 is 1.91 bits per heavy atom. The van der Waals surface area contributed by atoms with E-state index in [4.69, 9.17) is 15.2 Å². The highest BCUT2D eigenvalue weighted by Gasteiger charge is 2.28. The van der Waals surface area contributed by atoms with E-state index in [0.29, 0.717) is 36.8 Å². The van der Waals surface area contributed by atoms with Gasteiger partial charge >= 0.3 is 6.18 Å². The lowest BCUT2D eigenvalue weighted by Crippen LogP contribution is -2.39. The largest absolute Gasteiger partial charge is 0.492 e. The number of aryl methyl sites for hydroxylation is 1. The molecule has 188 valence electrons. The van der Waals surface area contributed by atoms with Gasteiger partial charge < -0.3 is 20.5 Å². The zero-order chi connectivity index (χ0) is 25.2. The molecule has 0 bridgehead atoms. The Kier molecular flexibility index (Phi) is 6.85. The maximum Gasteiger partial charge on any atom is 0.392 e. The number of nitrogens with two attached hydrogens (primary N) is 1. The molecule has 0 atom stereocenters. The number of nitrogens with one attached hydrogen (secondary N) is 1. The van der Waals surface area contributed by atoms with Crippen LogP contribution < -0.4 is 20.5 Å². The summed E-state index contributed by atoms with van der Waals surface area (Å²) in [6, 6.07) is 3.02. The van der Waals surface area contributed by atoms with Crippen LogP contribution in [0.2, 0.25) is 0 Å². The normalized spacial score (nSPS) is 18.4. The molecule has 1 aliphatic rings. The van der Waals surface area contributed by atoms with Crippen LogP contribution >= 0.6 is 0 Å². The molecule has 1 fully saturated rings. The third kappa shape index (κ3) is 6.03. The zero-order valence-electron chi connectivity index (χ0n) is 18.9. The van der Waals surface area contributed by atoms with Gasteiger partial charge in [-0.1, -0.05) is 0 Å². The van der Waals surface area contributed by atoms with Crippen molar-refractivity contribution in [2.75, 3.05) is 6.61 Å². The van der Waals surface area contributed by atoms with Crippen molar-refractivity contribution in [2.45, 2.75) is 50.4 Å². The van der Waals surface area contributed by atoms with Crippen molar-refractivity contribution in [3.63, 3.8) is 0 Å². The molecule has 3 N–H and O–H groups in total. The third-order valence-electron chi connectivity index (χ3n) is 5.74. The van der Waals surface area contributed by atoms with E-state index in [9.17, 15) is 22.8 Å². The van der Waals surface area contributed by atoms with E-state index in [0.717, 1.165) is 0 Å². The first-order chi connectivity index (χ1) is 16.6. The number of rotatable bonds is 8. The standard InChI is InChI=1S/C22H25F3N6O4/c1-30-12-17(19(26)32)21(29-30)35-14-4-2-13(3-5-14)28-20(33)16-10-27-31-11-15(6-7-18(16)31)34-9-8-22(23,24)25/h6-7,10-14H,2-5,8-9H2,1H3,(H2,26,32)(H,28,33). The lowest BCUT2D eigenvalue weighted by molar-refractivity contribution is -0.139. The number of carbonyl (C=O) groups is 2. The fourth-order valence-electron chi connectivity index (χ4n) is 3.98. The number of alkyl halides is 3. The van der Waals surface area contributed by atoms with E-state index in [2.05, 4.69) is 15.5 Å². The molecule has 0 aromatic carbocycles. The second-order valence-corrected chi connectivity index (χ2v) is 8.42. The Bertz CT molecular complexity index is 1210. The monoisotopic (exact) mass is 494 g/mol. The number of primary amides is 1. The molecule has 2 amide bonds. The summed E-state index contributed by atoms with van der Waals surface area (Å²) in [5.74, 6) is -0.471. The van der Waals surface area contributed by atoms with Crippen LogP contribution in [0.5, 0.6) is 11.6 Å². The number of pyridine rings is 1. The van der Waals surface area contributed by atoms with E-state index in [-0.39, 0.29) is 35.2 Å². The fraction of sp³-hybridized carbons (Fsp3) is 0.455. The minimum atomic E-state index is -4.29. The Morgan fingerprint density at radius 3 is 2.60 bits per heavy atom. The molecular weight excluding hydrogens is 469 g/mol. The van der Waals surface area contributed by atoms with E-state index >= 15 is 0 Å². The van der Waals surface area contributed by atoms with E-state index < -0.39 is 25.1 Å². The minimum Gasteiger partial charge on any atom is -0.492 e. The van der Waals surface area contributed by atoms with Gasteiger partial charge in [-0.25, -0.2) is 4.52 Å². The fourth-order valence-corrected chi connectivity index (χ4v) is 3.98. The molecule has 0 unspecified atom stereocenters. The Hall–Kier alpha value is -3.77. The van der Waals surface area contributed by atoms with Gasteiger partial charge in [-0.3, -0.25) is 14.3 Å². The average Bonchev–Trinajstić information content (AvgIpc) is 3.37. The maximum atomic E-state index is 12.8. The van der Waals surface area contributed by atoms with Gasteiger partial charge in [0.25, 0.3) is 11.8 Å². The van der Waals surface area contributed by atoms with Crippen molar-refractivity contribution in [1.29, 1.82) is 0 Å². The highest BCUT2D eigenvalue weighted by atomic mass is 19.4. The van der Waals surface area contributed by atoms with Crippen molar-refractivity contribution in [1.82, 2.24) is 24.7 Å². The average molecular weight is 494 g/mol. The molecule has 3 heterocycles. The lowest BCUT2D eigenvalue weighted by Gasteiger charge is -2.29. The quantitative estimate of drug-likeness (QED) is 0.496. The van der Waals surface area contributed by atoms with Crippen molar-refractivity contribution < 1.29 is 32.2 Å². The highest BCUT2D eigenvalue weighted by molar-refractivity contribution is 6.00. The molecule has 1 saturated carbocycles. The summed E-state index contributed by atoms with van der Waals surface area (Å²) in [6.07, 6.45) is 1.52. The number of hydrogen-bond donors (Lipinski definition) is 2. The minimum absolute atomic E-state index is 0.0679. The number of amides is 2. The van der Waals surface area contributed by atoms with Crippen LogP contribution in [0.15, 0.2) is 30.7 Å². The number of nitrogens with zero attached hydrogens (tertiary/aromatic N) is 4. The number of hydrogen-bond acceptors (Lipinski definition) is 6. The summed E-state index contributed by atoms with van der Waals surface area (Å²) in [5, 5.41) is 11.3. The summed E-state index contributed by atoms with van der Waals surface area (Å²) in [6.45, 7) is -0.500. The van der Waals surface area contributed by atoms with Crippen LogP contribution in [-0.4, -0.2) is 56.1 Å². The molecule has 0 radical (unpaired) electrons. The van der Waals surface area contributed by atoms with Gasteiger partial charge in [0.2, 0.25) is 5.88 Å². The van der Waals surface area contributed by atoms with E-state index in [1.165, 1.54) is 33.9 Å². The first-order valence-corrected chi connectivity index (χ1v) is 11.1. The van der Waals surface area contributed by atoms with Crippen LogP contribution in [0.4, 0.5) is 13.2 Å². The van der Waals surface area contributed by atoms with Gasteiger partial charge in [-0.05, 0) is 37.8 Å². The number of aromatic nitrogens is 4. The summed E-state index contributed by atoms with van der Waals surface area (Å²) in [5.41, 5.74) is 6.46. The number of fused-ring (bicyclic) bond motifs is 1. The van der Waals surface area contributed by atoms with E-state index in [1.54, 1.807) is 13.1 Å². The van der Waals surface area contributed by atoms with Gasteiger partial charge in [0, 0.05) is 19.3 Å². The molecular formula is C22H25F3N6O4. The molecule has 0 saturated heterocycles. The molecule has 3 aromatic heterocycles. The second kappa shape index (κ2) is 9.84. The van der Waals surface area contributed by atoms with Crippen LogP contribution in [0, 0.1) is 0 Å². The highest BCUT2D eigenvalue weighted by Crippen LogP contribution is 2.26. The summed E-state index contributed by atoms with van der Waals surface area (Å²) in [4.78, 5) is 24.4. The van der Waals surface area contributed by atoms with Gasteiger partial charge in [0.15, 0.2) is 0 Å². The second-order valence-electron chi connectivity index (χ2n) is 8.42. The molecule has 4 rings (SSSR count).